The van der Waals surface area contributed by atoms with Crippen molar-refractivity contribution in [1.29, 1.82) is 0 Å². The summed E-state index contributed by atoms with van der Waals surface area (Å²) in [5.74, 6) is 3.81. The van der Waals surface area contributed by atoms with Crippen LogP contribution in [0.1, 0.15) is 169 Å². The van der Waals surface area contributed by atoms with Gasteiger partial charge in [0.2, 0.25) is 0 Å². The maximum atomic E-state index is 12.8. The third-order valence-corrected chi connectivity index (χ3v) is 14.5. The van der Waals surface area contributed by atoms with E-state index in [1.54, 1.807) is 10.5 Å². The lowest BCUT2D eigenvalue weighted by Crippen LogP contribution is -2.51. The predicted octanol–water partition coefficient (Wildman–Crippen LogP) is 13.1. The Balaban J connectivity index is 1.14. The highest BCUT2D eigenvalue weighted by Gasteiger charge is 2.59. The summed E-state index contributed by atoms with van der Waals surface area (Å²) in [5, 5.41) is 0. The van der Waals surface area contributed by atoms with Gasteiger partial charge in [0.25, 0.3) is 0 Å². The summed E-state index contributed by atoms with van der Waals surface area (Å²) in [5.41, 5.74) is 2.08. The summed E-state index contributed by atoms with van der Waals surface area (Å²) in [6.45, 7) is 11.0. The minimum Gasteiger partial charge on any atom is -0.462 e. The molecule has 5 nitrogen and oxygen atoms in total. The van der Waals surface area contributed by atoms with Crippen LogP contribution in [0.15, 0.2) is 23.8 Å². The Labute approximate surface area is 328 Å². The smallest absolute Gasteiger partial charge is 0.409 e. The van der Waals surface area contributed by atoms with Gasteiger partial charge in [0.15, 0.2) is 0 Å². The summed E-state index contributed by atoms with van der Waals surface area (Å²) in [7, 11) is 0. The molecule has 298 valence electrons. The number of halogens is 2. The highest BCUT2D eigenvalue weighted by molar-refractivity contribution is 6.18. The first-order valence-electron chi connectivity index (χ1n) is 21.8. The number of hydrogen-bond acceptors (Lipinski definition) is 4. The lowest BCUT2D eigenvalue weighted by atomic mass is 9.47. The van der Waals surface area contributed by atoms with Gasteiger partial charge in [0.05, 0.1) is 6.61 Å². The number of alkyl halides is 2. The van der Waals surface area contributed by atoms with E-state index in [1.165, 1.54) is 96.3 Å². The van der Waals surface area contributed by atoms with E-state index >= 15 is 0 Å². The number of esters is 1. The number of hydrogen-bond donors (Lipinski definition) is 0. The van der Waals surface area contributed by atoms with E-state index in [0.29, 0.717) is 55.6 Å². The second kappa shape index (κ2) is 22.4. The topological polar surface area (TPSA) is 55.8 Å². The van der Waals surface area contributed by atoms with Crippen molar-refractivity contribution in [3.05, 3.63) is 23.8 Å². The Kier molecular flexibility index (Phi) is 18.7. The van der Waals surface area contributed by atoms with Crippen LogP contribution >= 0.6 is 23.2 Å². The Morgan fingerprint density at radius 1 is 0.865 bits per heavy atom. The summed E-state index contributed by atoms with van der Waals surface area (Å²) < 4.78 is 11.9. The molecule has 0 N–H and O–H groups in total. The second-order valence-electron chi connectivity index (χ2n) is 17.6. The van der Waals surface area contributed by atoms with Crippen LogP contribution in [0.4, 0.5) is 4.79 Å². The third-order valence-electron chi connectivity index (χ3n) is 14.2. The fourth-order valence-corrected chi connectivity index (χ4v) is 11.6. The van der Waals surface area contributed by atoms with Gasteiger partial charge >= 0.3 is 12.1 Å². The maximum absolute atomic E-state index is 12.8. The molecule has 0 aliphatic heterocycles. The molecule has 52 heavy (non-hydrogen) atoms. The molecule has 3 fully saturated rings. The van der Waals surface area contributed by atoms with Crippen molar-refractivity contribution in [3.63, 3.8) is 0 Å². The zero-order valence-electron chi connectivity index (χ0n) is 33.6. The van der Waals surface area contributed by atoms with Gasteiger partial charge in [-0.3, -0.25) is 4.79 Å². The predicted molar refractivity (Wildman–Crippen MR) is 218 cm³/mol. The van der Waals surface area contributed by atoms with Gasteiger partial charge < -0.3 is 14.4 Å². The van der Waals surface area contributed by atoms with Crippen LogP contribution in [0.5, 0.6) is 0 Å². The average Bonchev–Trinajstić information content (AvgIpc) is 3.49. The molecule has 0 radical (unpaired) electrons. The molecule has 8 atom stereocenters. The van der Waals surface area contributed by atoms with Crippen molar-refractivity contribution in [3.8, 4) is 0 Å². The number of rotatable bonds is 23. The van der Waals surface area contributed by atoms with E-state index in [-0.39, 0.29) is 29.0 Å². The van der Waals surface area contributed by atoms with Crippen molar-refractivity contribution in [2.24, 2.45) is 40.4 Å². The van der Waals surface area contributed by atoms with E-state index in [0.717, 1.165) is 50.4 Å². The Morgan fingerprint density at radius 2 is 1.52 bits per heavy atom. The van der Waals surface area contributed by atoms with Gasteiger partial charge in [0.1, 0.15) is 6.10 Å². The summed E-state index contributed by atoms with van der Waals surface area (Å²) in [6, 6.07) is 0. The standard InChI is InChI=1S/C45H75Cl2NO4/c1-5-6-7-8-9-10-11-12-13-14-15-16-17-18-19-20-42(49)52-37-25-27-44(3)36(33-37)21-22-38-40-24-23-39(45(40,4)28-26-41(38)44)35(2)34-51-43(50)48(31-29-46)32-30-47/h12-13,21,35,37-41H,5-11,14-20,22-34H2,1-4H3/b13-12-/t35?,37-,38-,39+,40-,41-,44-,45+/m0/s1. The van der Waals surface area contributed by atoms with Gasteiger partial charge in [-0.2, -0.15) is 0 Å². The number of fused-ring (bicyclic) bond motifs is 5. The Hall–Kier alpha value is -1.20. The van der Waals surface area contributed by atoms with E-state index in [2.05, 4.69) is 45.9 Å². The first-order valence-corrected chi connectivity index (χ1v) is 22.8. The van der Waals surface area contributed by atoms with E-state index < -0.39 is 0 Å². The minimum atomic E-state index is -0.293. The van der Waals surface area contributed by atoms with Crippen LogP contribution in [0.25, 0.3) is 0 Å². The zero-order valence-corrected chi connectivity index (χ0v) is 35.1. The molecule has 1 unspecified atom stereocenters. The molecule has 4 rings (SSSR count). The number of ether oxygens (including phenoxy) is 2. The minimum absolute atomic E-state index is 0.0107. The van der Waals surface area contributed by atoms with Crippen molar-refractivity contribution < 1.29 is 19.1 Å². The number of unbranched alkanes of at least 4 members (excludes halogenated alkanes) is 11. The quantitative estimate of drug-likeness (QED) is 0.0450. The van der Waals surface area contributed by atoms with Crippen LogP contribution in [0.2, 0.25) is 0 Å². The zero-order chi connectivity index (χ0) is 37.4. The van der Waals surface area contributed by atoms with Gasteiger partial charge in [-0.25, -0.2) is 4.79 Å². The van der Waals surface area contributed by atoms with Crippen molar-refractivity contribution >= 4 is 35.3 Å². The highest BCUT2D eigenvalue weighted by atomic mass is 35.5. The molecule has 7 heteroatoms. The van der Waals surface area contributed by atoms with Gasteiger partial charge in [0, 0.05) is 37.7 Å². The molecule has 0 spiro atoms. The second-order valence-corrected chi connectivity index (χ2v) is 18.4. The molecule has 4 aliphatic rings. The number of carbonyl (C=O) groups is 2. The van der Waals surface area contributed by atoms with Crippen LogP contribution in [0, 0.1) is 40.4 Å². The fourth-order valence-electron chi connectivity index (χ4n) is 11.2. The molecule has 1 amide bonds. The SMILES string of the molecule is CCCCCCCC/C=C\CCCCCCCC(=O)O[C@H]1CC[C@@]2(C)C(=CC[C@H]3[C@@H]4CC[C@H](C(C)COC(=O)N(CCCl)CCCl)[C@@]4(C)CC[C@@H]32)C1. The molecular weight excluding hydrogens is 689 g/mol. The fraction of sp³-hybridized carbons (Fsp3) is 0.867. The molecule has 0 aromatic carbocycles. The molecule has 0 saturated heterocycles. The first kappa shape index (κ1) is 43.5. The molecular formula is C45H75Cl2NO4. The normalized spacial score (nSPS) is 30.3. The van der Waals surface area contributed by atoms with Crippen molar-refractivity contribution in [2.75, 3.05) is 31.5 Å². The van der Waals surface area contributed by atoms with Crippen LogP contribution in [-0.4, -0.2) is 54.5 Å². The number of nitrogens with zero attached hydrogens (tertiary/aromatic N) is 1. The summed E-state index contributed by atoms with van der Waals surface area (Å²) in [4.78, 5) is 27.2. The average molecular weight is 765 g/mol. The lowest BCUT2D eigenvalue weighted by Gasteiger charge is -2.58. The maximum Gasteiger partial charge on any atom is 0.409 e. The van der Waals surface area contributed by atoms with Crippen LogP contribution < -0.4 is 0 Å². The Bertz CT molecular complexity index is 1140. The first-order chi connectivity index (χ1) is 25.2. The third kappa shape index (κ3) is 11.9. The van der Waals surface area contributed by atoms with Crippen LogP contribution in [-0.2, 0) is 14.3 Å². The Morgan fingerprint density at radius 3 is 2.19 bits per heavy atom. The summed E-state index contributed by atoms with van der Waals surface area (Å²) >= 11 is 11.8. The molecule has 3 saturated carbocycles. The van der Waals surface area contributed by atoms with Crippen molar-refractivity contribution in [1.82, 2.24) is 4.90 Å². The van der Waals surface area contributed by atoms with E-state index in [4.69, 9.17) is 32.7 Å². The highest BCUT2D eigenvalue weighted by Crippen LogP contribution is 2.67. The van der Waals surface area contributed by atoms with Crippen LogP contribution in [0.3, 0.4) is 0 Å². The van der Waals surface area contributed by atoms with Gasteiger partial charge in [-0.15, -0.1) is 23.2 Å². The molecule has 0 bridgehead atoms. The number of carbonyl (C=O) groups excluding carboxylic acids is 2. The van der Waals surface area contributed by atoms with E-state index in [1.807, 2.05) is 0 Å². The molecule has 4 aliphatic carbocycles. The largest absolute Gasteiger partial charge is 0.462 e. The monoisotopic (exact) mass is 764 g/mol. The number of amides is 1. The molecule has 0 aromatic heterocycles. The molecule has 0 aromatic rings. The summed E-state index contributed by atoms with van der Waals surface area (Å²) in [6.07, 6.45) is 33.3. The van der Waals surface area contributed by atoms with Crippen molar-refractivity contribution in [2.45, 2.75) is 175 Å². The van der Waals surface area contributed by atoms with Gasteiger partial charge in [-0.1, -0.05) is 103 Å². The van der Waals surface area contributed by atoms with Gasteiger partial charge in [-0.05, 0) is 117 Å². The lowest BCUT2D eigenvalue weighted by molar-refractivity contribution is -0.151. The molecule has 0 heterocycles. The number of allylic oxidation sites excluding steroid dienone is 3. The van der Waals surface area contributed by atoms with E-state index in [9.17, 15) is 9.59 Å².